The number of ether oxygens (including phenoxy) is 1. The number of aliphatic hydroxyl groups is 2. The summed E-state index contributed by atoms with van der Waals surface area (Å²) in [5.41, 5.74) is 0. The number of aliphatic hydroxyl groups excluding tert-OH is 2. The van der Waals surface area contributed by atoms with Gasteiger partial charge in [0.15, 0.2) is 0 Å². The van der Waals surface area contributed by atoms with E-state index in [1.807, 2.05) is 24.4 Å². The van der Waals surface area contributed by atoms with Crippen LogP contribution in [0.4, 0.5) is 0 Å². The van der Waals surface area contributed by atoms with E-state index < -0.39 is 6.10 Å². The van der Waals surface area contributed by atoms with E-state index in [4.69, 9.17) is 4.74 Å². The highest BCUT2D eigenvalue weighted by Crippen LogP contribution is 2.21. The Morgan fingerprint density at radius 3 is 3.00 bits per heavy atom. The number of thiophene rings is 1. The van der Waals surface area contributed by atoms with Crippen LogP contribution >= 0.6 is 11.3 Å². The first kappa shape index (κ1) is 16.9. The lowest BCUT2D eigenvalue weighted by molar-refractivity contribution is -0.0284. The molecule has 1 aromatic rings. The lowest BCUT2D eigenvalue weighted by Gasteiger charge is -2.39. The van der Waals surface area contributed by atoms with Gasteiger partial charge in [-0.15, -0.1) is 11.3 Å². The van der Waals surface area contributed by atoms with Gasteiger partial charge in [-0.05, 0) is 37.3 Å². The molecular weight excluding hydrogens is 286 g/mol. The van der Waals surface area contributed by atoms with E-state index in [1.165, 1.54) is 11.3 Å². The Bertz CT molecular complexity index is 385. The third kappa shape index (κ3) is 5.34. The highest BCUT2D eigenvalue weighted by Gasteiger charge is 2.28. The maximum atomic E-state index is 10.2. The molecule has 0 radical (unpaired) electrons. The summed E-state index contributed by atoms with van der Waals surface area (Å²) in [5.74, 6) is 0. The van der Waals surface area contributed by atoms with Crippen LogP contribution in [0.3, 0.4) is 0 Å². The number of nitrogens with zero attached hydrogens (tertiary/aromatic N) is 1. The molecule has 0 aliphatic carbocycles. The first-order chi connectivity index (χ1) is 10.2. The minimum atomic E-state index is -0.491. The highest BCUT2D eigenvalue weighted by atomic mass is 32.1. The van der Waals surface area contributed by atoms with E-state index in [0.717, 1.165) is 25.8 Å². The molecule has 0 aromatic carbocycles. The summed E-state index contributed by atoms with van der Waals surface area (Å²) in [5, 5.41) is 22.3. The van der Waals surface area contributed by atoms with Crippen LogP contribution in [0.25, 0.3) is 0 Å². The van der Waals surface area contributed by atoms with E-state index in [1.54, 1.807) is 11.3 Å². The van der Waals surface area contributed by atoms with Gasteiger partial charge >= 0.3 is 0 Å². The molecule has 2 heterocycles. The zero-order valence-corrected chi connectivity index (χ0v) is 13.6. The van der Waals surface area contributed by atoms with Crippen LogP contribution in [0.1, 0.15) is 37.5 Å². The Morgan fingerprint density at radius 1 is 1.43 bits per heavy atom. The van der Waals surface area contributed by atoms with Gasteiger partial charge in [-0.3, -0.25) is 4.90 Å². The van der Waals surface area contributed by atoms with Crippen LogP contribution in [0.15, 0.2) is 17.5 Å². The van der Waals surface area contributed by atoms with Crippen LogP contribution in [0.5, 0.6) is 0 Å². The van der Waals surface area contributed by atoms with E-state index in [9.17, 15) is 10.2 Å². The number of hydrogen-bond donors (Lipinski definition) is 2. The molecule has 2 rings (SSSR count). The van der Waals surface area contributed by atoms with Crippen molar-refractivity contribution in [2.45, 2.75) is 57.5 Å². The van der Waals surface area contributed by atoms with Crippen molar-refractivity contribution in [1.82, 2.24) is 4.90 Å². The Balaban J connectivity index is 1.73. The average Bonchev–Trinajstić information content (AvgIpc) is 3.00. The molecule has 1 saturated heterocycles. The first-order valence-corrected chi connectivity index (χ1v) is 8.79. The van der Waals surface area contributed by atoms with Crippen LogP contribution in [0.2, 0.25) is 0 Å². The van der Waals surface area contributed by atoms with Gasteiger partial charge in [-0.25, -0.2) is 0 Å². The molecule has 5 heteroatoms. The number of rotatable bonds is 8. The Kier molecular flexibility index (Phi) is 7.13. The van der Waals surface area contributed by atoms with Crippen molar-refractivity contribution in [3.05, 3.63) is 22.4 Å². The van der Waals surface area contributed by atoms with E-state index in [2.05, 4.69) is 4.90 Å². The molecule has 3 unspecified atom stereocenters. The summed E-state index contributed by atoms with van der Waals surface area (Å²) >= 11 is 1.67. The maximum absolute atomic E-state index is 10.2. The van der Waals surface area contributed by atoms with Crippen molar-refractivity contribution in [2.75, 3.05) is 19.7 Å². The Morgan fingerprint density at radius 2 is 2.29 bits per heavy atom. The molecule has 1 aliphatic heterocycles. The van der Waals surface area contributed by atoms with Crippen LogP contribution < -0.4 is 0 Å². The number of likely N-dealkylation sites (tertiary alicyclic amines) is 1. The minimum Gasteiger partial charge on any atom is -0.392 e. The van der Waals surface area contributed by atoms with Crippen molar-refractivity contribution >= 4 is 11.3 Å². The van der Waals surface area contributed by atoms with Crippen molar-refractivity contribution < 1.29 is 14.9 Å². The van der Waals surface area contributed by atoms with Crippen molar-refractivity contribution in [3.8, 4) is 0 Å². The molecule has 0 spiro atoms. The number of hydrogen-bond acceptors (Lipinski definition) is 5. The first-order valence-electron chi connectivity index (χ1n) is 7.91. The molecule has 21 heavy (non-hydrogen) atoms. The molecule has 2 N–H and O–H groups in total. The van der Waals surface area contributed by atoms with Gasteiger partial charge in [0, 0.05) is 17.5 Å². The zero-order chi connectivity index (χ0) is 15.1. The third-order valence-corrected chi connectivity index (χ3v) is 4.96. The fourth-order valence-electron chi connectivity index (χ4n) is 2.96. The third-order valence-electron chi connectivity index (χ3n) is 4.11. The van der Waals surface area contributed by atoms with Gasteiger partial charge < -0.3 is 14.9 Å². The summed E-state index contributed by atoms with van der Waals surface area (Å²) in [6.45, 7) is 4.48. The Hall–Kier alpha value is -0.460. The molecule has 0 amide bonds. The van der Waals surface area contributed by atoms with E-state index >= 15 is 0 Å². The predicted octanol–water partition coefficient (Wildman–Crippen LogP) is 2.25. The molecule has 1 aromatic heterocycles. The molecular formula is C16H27NO3S. The van der Waals surface area contributed by atoms with E-state index in [-0.39, 0.29) is 12.1 Å². The SMILES string of the molecule is CCC(O)C1CCCCN1CC(O)COCc1cccs1. The smallest absolute Gasteiger partial charge is 0.0900 e. The normalized spacial score (nSPS) is 23.1. The second kappa shape index (κ2) is 8.86. The van der Waals surface area contributed by atoms with Crippen LogP contribution in [-0.2, 0) is 11.3 Å². The van der Waals surface area contributed by atoms with Crippen molar-refractivity contribution in [1.29, 1.82) is 0 Å². The lowest BCUT2D eigenvalue weighted by atomic mass is 9.95. The summed E-state index contributed by atoms with van der Waals surface area (Å²) in [6.07, 6.45) is 3.34. The van der Waals surface area contributed by atoms with Crippen LogP contribution in [0, 0.1) is 0 Å². The second-order valence-corrected chi connectivity index (χ2v) is 6.81. The Labute approximate surface area is 131 Å². The van der Waals surface area contributed by atoms with Gasteiger partial charge in [0.25, 0.3) is 0 Å². The predicted molar refractivity (Wildman–Crippen MR) is 85.5 cm³/mol. The van der Waals surface area contributed by atoms with Crippen LogP contribution in [-0.4, -0.2) is 53.1 Å². The maximum Gasteiger partial charge on any atom is 0.0900 e. The lowest BCUT2D eigenvalue weighted by Crippen LogP contribution is -2.50. The summed E-state index contributed by atoms with van der Waals surface area (Å²) < 4.78 is 5.57. The van der Waals surface area contributed by atoms with Crippen molar-refractivity contribution in [3.63, 3.8) is 0 Å². The fraction of sp³-hybridized carbons (Fsp3) is 0.750. The molecule has 1 fully saturated rings. The number of β-amino-alcohol motifs (C(OH)–C–C–N with tert-alkyl or cyclic N) is 1. The summed E-state index contributed by atoms with van der Waals surface area (Å²) in [6, 6.07) is 4.23. The van der Waals surface area contributed by atoms with Gasteiger partial charge in [0.05, 0.1) is 25.4 Å². The fourth-order valence-corrected chi connectivity index (χ4v) is 3.61. The van der Waals surface area contributed by atoms with Gasteiger partial charge in [0.2, 0.25) is 0 Å². The molecule has 0 bridgehead atoms. The number of piperidine rings is 1. The molecule has 120 valence electrons. The van der Waals surface area contributed by atoms with Crippen molar-refractivity contribution in [2.24, 2.45) is 0 Å². The molecule has 4 nitrogen and oxygen atoms in total. The molecule has 0 saturated carbocycles. The zero-order valence-electron chi connectivity index (χ0n) is 12.8. The van der Waals surface area contributed by atoms with E-state index in [0.29, 0.717) is 19.8 Å². The summed E-state index contributed by atoms with van der Waals surface area (Å²) in [4.78, 5) is 3.41. The minimum absolute atomic E-state index is 0.190. The highest BCUT2D eigenvalue weighted by molar-refractivity contribution is 7.09. The quantitative estimate of drug-likeness (QED) is 0.773. The average molecular weight is 313 g/mol. The molecule has 3 atom stereocenters. The topological polar surface area (TPSA) is 52.9 Å². The van der Waals surface area contributed by atoms with Gasteiger partial charge in [-0.1, -0.05) is 19.4 Å². The largest absolute Gasteiger partial charge is 0.392 e. The monoisotopic (exact) mass is 313 g/mol. The summed E-state index contributed by atoms with van der Waals surface area (Å²) in [7, 11) is 0. The molecule has 1 aliphatic rings. The van der Waals surface area contributed by atoms with Gasteiger partial charge in [-0.2, -0.15) is 0 Å². The standard InChI is InChI=1S/C16H27NO3S/c1-2-16(19)15-7-3-4-8-17(15)10-13(18)11-20-12-14-6-5-9-21-14/h5-6,9,13,15-16,18-19H,2-4,7-8,10-12H2,1H3. The van der Waals surface area contributed by atoms with Gasteiger partial charge in [0.1, 0.15) is 0 Å². The second-order valence-electron chi connectivity index (χ2n) is 5.78.